The molecule has 0 saturated carbocycles. The van der Waals surface area contributed by atoms with Crippen LogP contribution in [0, 0.1) is 0 Å². The lowest BCUT2D eigenvalue weighted by Crippen LogP contribution is -2.52. The van der Waals surface area contributed by atoms with Gasteiger partial charge in [-0.1, -0.05) is 30.3 Å². The Labute approximate surface area is 199 Å². The van der Waals surface area contributed by atoms with Gasteiger partial charge in [0.05, 0.1) is 14.5 Å². The summed E-state index contributed by atoms with van der Waals surface area (Å²) in [6.45, 7) is 1.95. The van der Waals surface area contributed by atoms with Crippen LogP contribution < -0.4 is 10.0 Å². The average molecular weight is 466 g/mol. The van der Waals surface area contributed by atoms with Crippen LogP contribution in [0.4, 0.5) is 0 Å². The number of fused-ring (bicyclic) bond motifs is 1. The maximum absolute atomic E-state index is 13.1. The third kappa shape index (κ3) is 4.38. The van der Waals surface area contributed by atoms with Crippen molar-refractivity contribution in [1.29, 1.82) is 0 Å². The number of benzene rings is 2. The molecule has 1 atom stereocenters. The molecule has 3 heterocycles. The Bertz CT molecular complexity index is 1240. The minimum atomic E-state index is -2.01. The molecule has 0 radical (unpaired) electrons. The van der Waals surface area contributed by atoms with Crippen molar-refractivity contribution in [2.24, 2.45) is 0 Å². The fourth-order valence-corrected chi connectivity index (χ4v) is 4.31. The van der Waals surface area contributed by atoms with E-state index in [9.17, 15) is 19.2 Å². The molecule has 0 aliphatic carbocycles. The summed E-state index contributed by atoms with van der Waals surface area (Å²) in [4.78, 5) is 52.2. The Balaban J connectivity index is 1.27. The lowest BCUT2D eigenvalue weighted by Gasteiger charge is -2.29. The molecule has 4 amide bonds. The van der Waals surface area contributed by atoms with Crippen LogP contribution in [-0.2, 0) is 38.8 Å². The number of carbonyl (C=O) groups excluding carboxylic acids is 4. The van der Waals surface area contributed by atoms with Gasteiger partial charge >= 0.3 is 0 Å². The second-order valence-electron chi connectivity index (χ2n) is 8.40. The first-order valence-corrected chi connectivity index (χ1v) is 11.1. The van der Waals surface area contributed by atoms with Crippen LogP contribution in [0.15, 0.2) is 42.5 Å². The third-order valence-electron chi connectivity index (χ3n) is 6.17. The van der Waals surface area contributed by atoms with E-state index < -0.39 is 23.7 Å². The van der Waals surface area contributed by atoms with E-state index >= 15 is 0 Å². The number of nitrogens with one attached hydrogen (secondary N) is 1. The first-order chi connectivity index (χ1) is 17.3. The van der Waals surface area contributed by atoms with E-state index in [0.29, 0.717) is 36.6 Å². The summed E-state index contributed by atoms with van der Waals surface area (Å²) < 4.78 is 27.5. The zero-order valence-corrected chi connectivity index (χ0v) is 18.5. The topological polar surface area (TPSA) is 105 Å². The monoisotopic (exact) mass is 465 g/mol. The Hall–Kier alpha value is -3.72. The molecule has 1 N–H and O–H groups in total. The van der Waals surface area contributed by atoms with Crippen LogP contribution >= 0.6 is 0 Å². The highest BCUT2D eigenvalue weighted by Gasteiger charge is 2.40. The highest BCUT2D eigenvalue weighted by atomic mass is 16.5. The summed E-state index contributed by atoms with van der Waals surface area (Å²) in [7, 11) is 0. The Morgan fingerprint density at radius 2 is 1.91 bits per heavy atom. The first kappa shape index (κ1) is 19.7. The molecule has 5 rings (SSSR count). The van der Waals surface area contributed by atoms with Crippen LogP contribution in [0.1, 0.15) is 41.3 Å². The fourth-order valence-electron chi connectivity index (χ4n) is 4.31. The van der Waals surface area contributed by atoms with Crippen molar-refractivity contribution in [3.63, 3.8) is 0 Å². The molecule has 0 spiro atoms. The number of nitrogens with zero attached hydrogens (tertiary/aromatic N) is 2. The summed E-state index contributed by atoms with van der Waals surface area (Å²) in [6.07, 6.45) is -0.309. The number of imide groups is 1. The quantitative estimate of drug-likeness (QED) is 0.647. The van der Waals surface area contributed by atoms with E-state index in [-0.39, 0.29) is 43.8 Å². The van der Waals surface area contributed by atoms with E-state index in [1.165, 1.54) is 0 Å². The number of hydrogen-bond donors (Lipinski definition) is 1. The summed E-state index contributed by atoms with van der Waals surface area (Å²) in [5, 5.41) is 0.183. The van der Waals surface area contributed by atoms with E-state index in [1.807, 2.05) is 24.3 Å². The average Bonchev–Trinajstić information content (AvgIpc) is 3.24. The van der Waals surface area contributed by atoms with Gasteiger partial charge in [0.2, 0.25) is 17.7 Å². The maximum atomic E-state index is 13.1. The molecule has 9 nitrogen and oxygen atoms in total. The van der Waals surface area contributed by atoms with Gasteiger partial charge in [-0.3, -0.25) is 24.5 Å². The molecule has 0 bridgehead atoms. The number of piperidine rings is 1. The van der Waals surface area contributed by atoms with Crippen LogP contribution in [-0.4, -0.2) is 59.2 Å². The van der Waals surface area contributed by atoms with E-state index in [0.717, 1.165) is 16.0 Å². The minimum Gasteiger partial charge on any atom is -0.489 e. The van der Waals surface area contributed by atoms with Crippen LogP contribution in [0.25, 0.3) is 0 Å². The van der Waals surface area contributed by atoms with Gasteiger partial charge in [-0.25, -0.2) is 0 Å². The summed E-state index contributed by atoms with van der Waals surface area (Å²) in [5.74, 6) is -1.76. The van der Waals surface area contributed by atoms with Crippen molar-refractivity contribution in [2.45, 2.75) is 38.6 Å². The van der Waals surface area contributed by atoms with Gasteiger partial charge in [-0.15, -0.1) is 0 Å². The number of morpholine rings is 1. The second-order valence-corrected chi connectivity index (χ2v) is 8.40. The molecular formula is C25H25N3O6. The number of hydrogen-bond acceptors (Lipinski definition) is 6. The Morgan fingerprint density at radius 3 is 2.71 bits per heavy atom. The Kier molecular flexibility index (Phi) is 5.37. The predicted molar refractivity (Wildman–Crippen MR) is 119 cm³/mol. The van der Waals surface area contributed by atoms with Gasteiger partial charge in [0.15, 0.2) is 1.41 Å². The van der Waals surface area contributed by atoms with Gasteiger partial charge in [0, 0.05) is 30.6 Å². The number of rotatable bonds is 6. The van der Waals surface area contributed by atoms with Crippen molar-refractivity contribution >= 4 is 23.6 Å². The molecule has 2 saturated heterocycles. The number of amides is 4. The standard InChI is InChI=1S/C25H25N3O6/c29-22-9-8-20(24(31)26-22)28-13-19-18(25(28)32)2-1-3-21(19)34-14-17-6-4-16(5-7-17)12-27-10-11-33-15-23(27)30/h1-7,20H,8-15H2,(H,26,29,31)/i20D/hD. The van der Waals surface area contributed by atoms with Crippen molar-refractivity contribution in [3.8, 4) is 5.75 Å². The van der Waals surface area contributed by atoms with Crippen molar-refractivity contribution in [1.82, 2.24) is 15.1 Å². The smallest absolute Gasteiger partial charge is 0.255 e. The number of carbonyl (C=O) groups is 4. The molecule has 3 aliphatic rings. The summed E-state index contributed by atoms with van der Waals surface area (Å²) in [5.41, 5.74) is 2.80. The van der Waals surface area contributed by atoms with Crippen LogP contribution in [0.2, 0.25) is 1.41 Å². The maximum Gasteiger partial charge on any atom is 0.255 e. The Morgan fingerprint density at radius 1 is 1.12 bits per heavy atom. The van der Waals surface area contributed by atoms with Gasteiger partial charge in [0.1, 0.15) is 25.0 Å². The highest BCUT2D eigenvalue weighted by Crippen LogP contribution is 2.34. The van der Waals surface area contributed by atoms with Gasteiger partial charge < -0.3 is 19.3 Å². The zero-order chi connectivity index (χ0) is 25.4. The predicted octanol–water partition coefficient (Wildman–Crippen LogP) is 1.39. The molecule has 2 aromatic carbocycles. The lowest BCUT2D eigenvalue weighted by molar-refractivity contribution is -0.143. The third-order valence-corrected chi connectivity index (χ3v) is 6.17. The fraction of sp³-hybridized carbons (Fsp3) is 0.360. The van der Waals surface area contributed by atoms with Gasteiger partial charge in [0.25, 0.3) is 5.91 Å². The molecule has 34 heavy (non-hydrogen) atoms. The largest absolute Gasteiger partial charge is 0.489 e. The molecule has 2 aromatic rings. The van der Waals surface area contributed by atoms with E-state index in [4.69, 9.17) is 12.3 Å². The van der Waals surface area contributed by atoms with Crippen LogP contribution in [0.3, 0.4) is 0 Å². The van der Waals surface area contributed by atoms with Crippen molar-refractivity contribution in [2.75, 3.05) is 19.8 Å². The SMILES string of the molecule is [2H]N1C(=O)CCC([2H])(N2Cc3c(OCc4ccc(CN5CCOCC5=O)cc4)cccc3C2=O)C1=O. The normalized spacial score (nSPS) is 23.7. The van der Waals surface area contributed by atoms with Crippen molar-refractivity contribution < 1.29 is 31.4 Å². The van der Waals surface area contributed by atoms with Crippen LogP contribution in [0.5, 0.6) is 5.75 Å². The minimum absolute atomic E-state index is 0.0197. The zero-order valence-electron chi connectivity index (χ0n) is 20.5. The molecule has 3 aliphatic heterocycles. The first-order valence-electron chi connectivity index (χ1n) is 12.1. The van der Waals surface area contributed by atoms with Gasteiger partial charge in [-0.05, 0) is 29.7 Å². The van der Waals surface area contributed by atoms with E-state index in [2.05, 4.69) is 0 Å². The summed E-state index contributed by atoms with van der Waals surface area (Å²) >= 11 is 0. The second kappa shape index (κ2) is 9.26. The number of ether oxygens (including phenoxy) is 2. The summed E-state index contributed by atoms with van der Waals surface area (Å²) in [6, 6.07) is 10.7. The molecule has 1 unspecified atom stereocenters. The van der Waals surface area contributed by atoms with Gasteiger partial charge in [-0.2, -0.15) is 0 Å². The highest BCUT2D eigenvalue weighted by molar-refractivity contribution is 6.05. The molecular weight excluding hydrogens is 438 g/mol. The lowest BCUT2D eigenvalue weighted by atomic mass is 10.0. The van der Waals surface area contributed by atoms with E-state index in [1.54, 1.807) is 23.1 Å². The molecule has 9 heteroatoms. The van der Waals surface area contributed by atoms with Crippen molar-refractivity contribution in [3.05, 3.63) is 64.7 Å². The molecule has 2 fully saturated rings. The molecule has 176 valence electrons. The molecule has 0 aromatic heterocycles.